The first-order valence-electron chi connectivity index (χ1n) is 6.78. The van der Waals surface area contributed by atoms with Gasteiger partial charge in [0.2, 0.25) is 0 Å². The molecule has 0 fully saturated rings. The van der Waals surface area contributed by atoms with E-state index in [2.05, 4.69) is 20.0 Å². The number of hydrogen-bond donors (Lipinski definition) is 0. The Balaban J connectivity index is 1.80. The minimum absolute atomic E-state index is 0.780. The number of rotatable bonds is 3. The Morgan fingerprint density at radius 2 is 2.20 bits per heavy atom. The zero-order valence-electron chi connectivity index (χ0n) is 12.1. The standard InChI is InChI=1S/C14H19N5O/c1-10-6-11(20-17-10)7-19-5-4-13-12(8-19)14(18(2)3)16-9-15-13/h6,9H,4-5,7-8H2,1-3H3. The van der Waals surface area contributed by atoms with Crippen LogP contribution in [0.5, 0.6) is 0 Å². The number of anilines is 1. The zero-order valence-corrected chi connectivity index (χ0v) is 12.1. The quantitative estimate of drug-likeness (QED) is 0.842. The predicted octanol–water partition coefficient (Wildman–Crippen LogP) is 1.40. The Hall–Kier alpha value is -1.95. The number of hydrogen-bond acceptors (Lipinski definition) is 6. The van der Waals surface area contributed by atoms with Gasteiger partial charge in [0.15, 0.2) is 5.76 Å². The molecular weight excluding hydrogens is 254 g/mol. The van der Waals surface area contributed by atoms with Crippen LogP contribution in [-0.2, 0) is 19.5 Å². The second-order valence-electron chi connectivity index (χ2n) is 5.41. The molecule has 0 aromatic carbocycles. The van der Waals surface area contributed by atoms with E-state index in [1.54, 1.807) is 6.33 Å². The van der Waals surface area contributed by atoms with E-state index < -0.39 is 0 Å². The second kappa shape index (κ2) is 5.20. The lowest BCUT2D eigenvalue weighted by atomic mass is 10.1. The van der Waals surface area contributed by atoms with Gasteiger partial charge < -0.3 is 9.42 Å². The molecule has 6 nitrogen and oxygen atoms in total. The van der Waals surface area contributed by atoms with Crippen molar-refractivity contribution in [2.45, 2.75) is 26.4 Å². The minimum atomic E-state index is 0.780. The van der Waals surface area contributed by atoms with E-state index >= 15 is 0 Å². The molecule has 0 spiro atoms. The summed E-state index contributed by atoms with van der Waals surface area (Å²) in [4.78, 5) is 13.2. The lowest BCUT2D eigenvalue weighted by Gasteiger charge is -2.29. The molecule has 3 heterocycles. The largest absolute Gasteiger partial charge is 0.362 e. The van der Waals surface area contributed by atoms with E-state index in [0.717, 1.165) is 49.0 Å². The van der Waals surface area contributed by atoms with Crippen LogP contribution in [0.15, 0.2) is 16.9 Å². The molecule has 1 aliphatic heterocycles. The lowest BCUT2D eigenvalue weighted by Crippen LogP contribution is -2.32. The van der Waals surface area contributed by atoms with Gasteiger partial charge in [-0.25, -0.2) is 9.97 Å². The summed E-state index contributed by atoms with van der Waals surface area (Å²) in [5.41, 5.74) is 3.31. The average molecular weight is 273 g/mol. The summed E-state index contributed by atoms with van der Waals surface area (Å²) in [7, 11) is 4.03. The first-order chi connectivity index (χ1) is 9.63. The summed E-state index contributed by atoms with van der Waals surface area (Å²) in [5, 5.41) is 3.94. The minimum Gasteiger partial charge on any atom is -0.362 e. The Labute approximate surface area is 118 Å². The van der Waals surface area contributed by atoms with Crippen molar-refractivity contribution in [3.05, 3.63) is 35.1 Å². The van der Waals surface area contributed by atoms with E-state index in [-0.39, 0.29) is 0 Å². The molecule has 20 heavy (non-hydrogen) atoms. The Kier molecular flexibility index (Phi) is 3.40. The van der Waals surface area contributed by atoms with Crippen molar-refractivity contribution in [3.8, 4) is 0 Å². The smallest absolute Gasteiger partial charge is 0.150 e. The third kappa shape index (κ3) is 2.51. The van der Waals surface area contributed by atoms with E-state index in [9.17, 15) is 0 Å². The van der Waals surface area contributed by atoms with Crippen LogP contribution < -0.4 is 4.90 Å². The maximum absolute atomic E-state index is 5.30. The summed E-state index contributed by atoms with van der Waals surface area (Å²) in [5.74, 6) is 1.92. The number of fused-ring (bicyclic) bond motifs is 1. The predicted molar refractivity (Wildman–Crippen MR) is 75.4 cm³/mol. The summed E-state index contributed by atoms with van der Waals surface area (Å²) < 4.78 is 5.30. The van der Waals surface area contributed by atoms with Crippen LogP contribution in [0.3, 0.4) is 0 Å². The van der Waals surface area contributed by atoms with E-state index in [4.69, 9.17) is 4.52 Å². The van der Waals surface area contributed by atoms with Gasteiger partial charge in [-0.2, -0.15) is 0 Å². The van der Waals surface area contributed by atoms with Crippen molar-refractivity contribution in [1.29, 1.82) is 0 Å². The number of aryl methyl sites for hydroxylation is 1. The van der Waals surface area contributed by atoms with Crippen LogP contribution in [0.2, 0.25) is 0 Å². The molecule has 0 saturated carbocycles. The first kappa shape index (κ1) is 13.1. The van der Waals surface area contributed by atoms with Crippen LogP contribution >= 0.6 is 0 Å². The van der Waals surface area contributed by atoms with Crippen LogP contribution in [0.25, 0.3) is 0 Å². The third-order valence-corrected chi connectivity index (χ3v) is 3.54. The average Bonchev–Trinajstić information content (AvgIpc) is 2.83. The number of nitrogens with zero attached hydrogens (tertiary/aromatic N) is 5. The summed E-state index contributed by atoms with van der Waals surface area (Å²) in [6, 6.07) is 1.99. The van der Waals surface area contributed by atoms with Crippen molar-refractivity contribution in [1.82, 2.24) is 20.0 Å². The van der Waals surface area contributed by atoms with Crippen molar-refractivity contribution in [2.75, 3.05) is 25.5 Å². The molecule has 0 aliphatic carbocycles. The zero-order chi connectivity index (χ0) is 14.1. The molecule has 6 heteroatoms. The van der Waals surface area contributed by atoms with Gasteiger partial charge in [0.05, 0.1) is 17.9 Å². The Morgan fingerprint density at radius 1 is 1.35 bits per heavy atom. The van der Waals surface area contributed by atoms with Gasteiger partial charge in [0.25, 0.3) is 0 Å². The van der Waals surface area contributed by atoms with Crippen LogP contribution in [0.4, 0.5) is 5.82 Å². The van der Waals surface area contributed by atoms with E-state index in [0.29, 0.717) is 0 Å². The Bertz CT molecular complexity index is 607. The van der Waals surface area contributed by atoms with Gasteiger partial charge in [0, 0.05) is 45.2 Å². The molecule has 0 radical (unpaired) electrons. The van der Waals surface area contributed by atoms with Crippen molar-refractivity contribution in [2.24, 2.45) is 0 Å². The molecule has 0 atom stereocenters. The highest BCUT2D eigenvalue weighted by Gasteiger charge is 2.22. The highest BCUT2D eigenvalue weighted by molar-refractivity contribution is 5.48. The fourth-order valence-electron chi connectivity index (χ4n) is 2.61. The van der Waals surface area contributed by atoms with Crippen LogP contribution in [0, 0.1) is 6.92 Å². The monoisotopic (exact) mass is 273 g/mol. The van der Waals surface area contributed by atoms with Crippen molar-refractivity contribution < 1.29 is 4.52 Å². The van der Waals surface area contributed by atoms with Crippen molar-refractivity contribution >= 4 is 5.82 Å². The molecule has 3 rings (SSSR count). The topological polar surface area (TPSA) is 58.3 Å². The van der Waals surface area contributed by atoms with Crippen LogP contribution in [0.1, 0.15) is 22.7 Å². The second-order valence-corrected chi connectivity index (χ2v) is 5.41. The van der Waals surface area contributed by atoms with Crippen molar-refractivity contribution in [3.63, 3.8) is 0 Å². The normalized spacial score (nSPS) is 15.2. The van der Waals surface area contributed by atoms with Gasteiger partial charge in [-0.1, -0.05) is 5.16 Å². The molecule has 2 aromatic rings. The van der Waals surface area contributed by atoms with Gasteiger partial charge in [0.1, 0.15) is 12.1 Å². The van der Waals surface area contributed by atoms with E-state index in [1.807, 2.05) is 32.0 Å². The highest BCUT2D eigenvalue weighted by Crippen LogP contribution is 2.25. The highest BCUT2D eigenvalue weighted by atomic mass is 16.5. The van der Waals surface area contributed by atoms with E-state index in [1.165, 1.54) is 5.56 Å². The van der Waals surface area contributed by atoms with Gasteiger partial charge in [-0.15, -0.1) is 0 Å². The summed E-state index contributed by atoms with van der Waals surface area (Å²) >= 11 is 0. The number of aromatic nitrogens is 3. The third-order valence-electron chi connectivity index (χ3n) is 3.54. The van der Waals surface area contributed by atoms with Crippen LogP contribution in [-0.4, -0.2) is 40.7 Å². The molecule has 0 saturated heterocycles. The molecule has 106 valence electrons. The first-order valence-corrected chi connectivity index (χ1v) is 6.78. The van der Waals surface area contributed by atoms with Gasteiger partial charge >= 0.3 is 0 Å². The molecule has 2 aromatic heterocycles. The van der Waals surface area contributed by atoms with Gasteiger partial charge in [-0.05, 0) is 6.92 Å². The molecule has 1 aliphatic rings. The lowest BCUT2D eigenvalue weighted by molar-refractivity contribution is 0.213. The summed E-state index contributed by atoms with van der Waals surface area (Å²) in [6.07, 6.45) is 2.61. The fourth-order valence-corrected chi connectivity index (χ4v) is 2.61. The molecule has 0 unspecified atom stereocenters. The maximum atomic E-state index is 5.30. The Morgan fingerprint density at radius 3 is 2.90 bits per heavy atom. The molecule has 0 N–H and O–H groups in total. The fraction of sp³-hybridized carbons (Fsp3) is 0.500. The SMILES string of the molecule is Cc1cc(CN2CCc3ncnc(N(C)C)c3C2)on1. The maximum Gasteiger partial charge on any atom is 0.150 e. The molecule has 0 bridgehead atoms. The molecule has 0 amide bonds. The molecular formula is C14H19N5O. The van der Waals surface area contributed by atoms with Gasteiger partial charge in [-0.3, -0.25) is 4.90 Å². The summed E-state index contributed by atoms with van der Waals surface area (Å²) in [6.45, 7) is 4.55.